The number of fused-ring (bicyclic) bond motifs is 5. The van der Waals surface area contributed by atoms with Gasteiger partial charge in [0.05, 0.1) is 12.7 Å². The summed E-state index contributed by atoms with van der Waals surface area (Å²) >= 11 is 0. The lowest BCUT2D eigenvalue weighted by Gasteiger charge is -2.58. The summed E-state index contributed by atoms with van der Waals surface area (Å²) in [6.07, 6.45) is 42.3. The average molecular weight is 895 g/mol. The van der Waals surface area contributed by atoms with Crippen LogP contribution in [-0.4, -0.2) is 53.5 Å². The lowest BCUT2D eigenvalue weighted by Crippen LogP contribution is -2.56. The number of carbonyl (C=O) groups excluding carboxylic acids is 1. The molecular formula is C58H102O6. The predicted octanol–water partition coefficient (Wildman–Crippen LogP) is 15.4. The zero-order valence-corrected chi connectivity index (χ0v) is 42.8. The van der Waals surface area contributed by atoms with E-state index >= 15 is 0 Å². The summed E-state index contributed by atoms with van der Waals surface area (Å²) in [6.45, 7) is 17.0. The number of aliphatic hydroxyl groups excluding tert-OH is 2. The highest BCUT2D eigenvalue weighted by Crippen LogP contribution is 2.67. The molecule has 2 N–H and O–H groups in total. The minimum atomic E-state index is -1.22. The molecule has 13 unspecified atom stereocenters. The fourth-order valence-electron chi connectivity index (χ4n) is 14.0. The Bertz CT molecular complexity index is 1370. The number of ether oxygens (including phenoxy) is 3. The van der Waals surface area contributed by atoms with Crippen LogP contribution < -0.4 is 0 Å². The van der Waals surface area contributed by atoms with E-state index in [9.17, 15) is 15.0 Å². The Morgan fingerprint density at radius 3 is 1.89 bits per heavy atom. The summed E-state index contributed by atoms with van der Waals surface area (Å²) in [4.78, 5) is 13.1. The van der Waals surface area contributed by atoms with Crippen LogP contribution in [0.5, 0.6) is 0 Å². The van der Waals surface area contributed by atoms with Crippen molar-refractivity contribution in [3.63, 3.8) is 0 Å². The molecule has 6 nitrogen and oxygen atoms in total. The van der Waals surface area contributed by atoms with Crippen LogP contribution in [0.4, 0.5) is 0 Å². The molecule has 13 atom stereocenters. The first-order valence-electron chi connectivity index (χ1n) is 28.1. The predicted molar refractivity (Wildman–Crippen MR) is 266 cm³/mol. The van der Waals surface area contributed by atoms with Crippen LogP contribution in [0.3, 0.4) is 0 Å². The summed E-state index contributed by atoms with van der Waals surface area (Å²) in [5.74, 6) is 4.73. The van der Waals surface area contributed by atoms with Gasteiger partial charge in [0.25, 0.3) is 0 Å². The molecule has 0 radical (unpaired) electrons. The fraction of sp³-hybridized carbons (Fsp3) is 0.914. The Labute approximate surface area is 394 Å². The number of esters is 1. The van der Waals surface area contributed by atoms with Gasteiger partial charge in [0.15, 0.2) is 12.4 Å². The van der Waals surface area contributed by atoms with Gasteiger partial charge in [0.1, 0.15) is 12.2 Å². The third kappa shape index (κ3) is 15.1. The zero-order chi connectivity index (χ0) is 46.0. The maximum absolute atomic E-state index is 13.1. The van der Waals surface area contributed by atoms with Crippen molar-refractivity contribution in [1.82, 2.24) is 0 Å². The molecule has 0 spiro atoms. The maximum Gasteiger partial charge on any atom is 0.306 e. The fourth-order valence-corrected chi connectivity index (χ4v) is 14.0. The van der Waals surface area contributed by atoms with Gasteiger partial charge in [-0.1, -0.05) is 201 Å². The second kappa shape index (κ2) is 27.7. The quantitative estimate of drug-likeness (QED) is 0.0424. The molecule has 4 aliphatic carbocycles. The maximum atomic E-state index is 13.1. The minimum Gasteiger partial charge on any atom is -0.454 e. The van der Waals surface area contributed by atoms with Gasteiger partial charge in [-0.05, 0) is 116 Å². The van der Waals surface area contributed by atoms with Crippen molar-refractivity contribution in [2.24, 2.45) is 52.3 Å². The number of allylic oxidation sites excluding steroid dienone is 3. The van der Waals surface area contributed by atoms with Crippen molar-refractivity contribution in [1.29, 1.82) is 0 Å². The molecule has 3 saturated carbocycles. The lowest BCUT2D eigenvalue weighted by molar-refractivity contribution is -0.289. The van der Waals surface area contributed by atoms with E-state index in [2.05, 4.69) is 66.7 Å². The third-order valence-electron chi connectivity index (χ3n) is 18.3. The molecule has 1 aliphatic heterocycles. The van der Waals surface area contributed by atoms with Crippen LogP contribution in [0.25, 0.3) is 0 Å². The summed E-state index contributed by atoms with van der Waals surface area (Å²) < 4.78 is 18.5. The molecular weight excluding hydrogens is 793 g/mol. The topological polar surface area (TPSA) is 85.2 Å². The van der Waals surface area contributed by atoms with E-state index in [1.54, 1.807) is 5.57 Å². The standard InChI is InChI=1S/C58H102O6/c1-8-10-11-12-13-14-15-16-17-18-19-20-21-22-23-24-25-26-27-28-29-30-53(60)64-55-54(61)52(59)42-62-56(55)63-47-37-39-57(6)46(41-47)33-34-48-50-36-35-49(58(50,7)40-38-51(48)57)44(5)31-32-45(9-2)43(3)4/h31-33,43-45,47-52,54-56,59,61H,8-30,34-42H2,1-7H3. The lowest BCUT2D eigenvalue weighted by atomic mass is 9.47. The highest BCUT2D eigenvalue weighted by molar-refractivity contribution is 5.69. The third-order valence-corrected chi connectivity index (χ3v) is 18.3. The first-order chi connectivity index (χ1) is 30.9. The number of hydrogen-bond acceptors (Lipinski definition) is 6. The Balaban J connectivity index is 0.963. The first kappa shape index (κ1) is 53.7. The molecule has 370 valence electrons. The van der Waals surface area contributed by atoms with Crippen LogP contribution in [0.1, 0.15) is 248 Å². The van der Waals surface area contributed by atoms with Crippen molar-refractivity contribution < 1.29 is 29.2 Å². The van der Waals surface area contributed by atoms with Gasteiger partial charge in [-0.2, -0.15) is 0 Å². The van der Waals surface area contributed by atoms with Crippen molar-refractivity contribution in [2.45, 2.75) is 278 Å². The largest absolute Gasteiger partial charge is 0.454 e. The molecule has 5 aliphatic rings. The molecule has 0 amide bonds. The Morgan fingerprint density at radius 2 is 1.33 bits per heavy atom. The van der Waals surface area contributed by atoms with E-state index < -0.39 is 24.6 Å². The van der Waals surface area contributed by atoms with Gasteiger partial charge in [-0.25, -0.2) is 0 Å². The van der Waals surface area contributed by atoms with E-state index in [0.717, 1.165) is 62.2 Å². The van der Waals surface area contributed by atoms with Gasteiger partial charge >= 0.3 is 5.97 Å². The van der Waals surface area contributed by atoms with Crippen LogP contribution >= 0.6 is 0 Å². The van der Waals surface area contributed by atoms with Gasteiger partial charge in [-0.3, -0.25) is 4.79 Å². The number of unbranched alkanes of at least 4 members (excludes halogenated alkanes) is 20. The first-order valence-corrected chi connectivity index (χ1v) is 28.1. The van der Waals surface area contributed by atoms with E-state index in [0.29, 0.717) is 29.6 Å². The average Bonchev–Trinajstić information content (AvgIpc) is 3.64. The summed E-state index contributed by atoms with van der Waals surface area (Å²) in [7, 11) is 0. The van der Waals surface area contributed by atoms with E-state index in [1.165, 1.54) is 154 Å². The number of rotatable bonds is 30. The van der Waals surface area contributed by atoms with Crippen molar-refractivity contribution in [3.8, 4) is 0 Å². The molecule has 64 heavy (non-hydrogen) atoms. The van der Waals surface area contributed by atoms with Crippen LogP contribution in [-0.2, 0) is 19.0 Å². The van der Waals surface area contributed by atoms with Crippen LogP contribution in [0.15, 0.2) is 23.8 Å². The monoisotopic (exact) mass is 895 g/mol. The molecule has 0 bridgehead atoms. The summed E-state index contributed by atoms with van der Waals surface area (Å²) in [5, 5.41) is 21.5. The van der Waals surface area contributed by atoms with E-state index in [4.69, 9.17) is 14.2 Å². The summed E-state index contributed by atoms with van der Waals surface area (Å²) in [5.41, 5.74) is 2.16. The molecule has 1 heterocycles. The molecule has 0 aromatic carbocycles. The van der Waals surface area contributed by atoms with Crippen molar-refractivity contribution in [3.05, 3.63) is 23.8 Å². The van der Waals surface area contributed by atoms with E-state index in [1.807, 2.05) is 0 Å². The molecule has 1 saturated heterocycles. The Hall–Kier alpha value is -1.21. The van der Waals surface area contributed by atoms with Gasteiger partial charge < -0.3 is 24.4 Å². The Kier molecular flexibility index (Phi) is 23.3. The number of carbonyl (C=O) groups is 1. The number of aliphatic hydroxyl groups is 2. The molecule has 6 heteroatoms. The number of hydrogen-bond donors (Lipinski definition) is 2. The smallest absolute Gasteiger partial charge is 0.306 e. The van der Waals surface area contributed by atoms with Gasteiger partial charge in [0, 0.05) is 6.42 Å². The molecule has 4 fully saturated rings. The van der Waals surface area contributed by atoms with Crippen LogP contribution in [0.2, 0.25) is 0 Å². The Morgan fingerprint density at radius 1 is 0.750 bits per heavy atom. The molecule has 0 aromatic rings. The summed E-state index contributed by atoms with van der Waals surface area (Å²) in [6, 6.07) is 0. The van der Waals surface area contributed by atoms with Gasteiger partial charge in [-0.15, -0.1) is 0 Å². The van der Waals surface area contributed by atoms with E-state index in [-0.39, 0.29) is 24.1 Å². The van der Waals surface area contributed by atoms with Crippen LogP contribution in [0, 0.1) is 52.3 Å². The highest BCUT2D eigenvalue weighted by atomic mass is 16.7. The molecule has 5 rings (SSSR count). The molecule has 0 aromatic heterocycles. The van der Waals surface area contributed by atoms with Gasteiger partial charge in [0.2, 0.25) is 0 Å². The van der Waals surface area contributed by atoms with Crippen molar-refractivity contribution in [2.75, 3.05) is 6.61 Å². The normalized spacial score (nSPS) is 33.7. The zero-order valence-electron chi connectivity index (χ0n) is 42.8. The minimum absolute atomic E-state index is 0.0252. The van der Waals surface area contributed by atoms with Crippen molar-refractivity contribution >= 4 is 5.97 Å². The highest BCUT2D eigenvalue weighted by Gasteiger charge is 2.59. The second-order valence-corrected chi connectivity index (χ2v) is 23.1. The SMILES string of the molecule is CCCCCCCCCCCCCCCCCCCCCCCC(=O)OC1C(OC2CCC3(C)C(=CCC4C3CCC3(C)C(C(C)C=CC(CC)C(C)C)CCC43)C2)OCC(O)C1O. The second-order valence-electron chi connectivity index (χ2n) is 23.1.